The first-order valence-corrected chi connectivity index (χ1v) is 8.01. The number of hydrogen-bond donors (Lipinski definition) is 1. The van der Waals surface area contributed by atoms with Crippen LogP contribution in [0.5, 0.6) is 0 Å². The van der Waals surface area contributed by atoms with Crippen LogP contribution in [0.25, 0.3) is 0 Å². The summed E-state index contributed by atoms with van der Waals surface area (Å²) in [7, 11) is 0. The predicted molar refractivity (Wildman–Crippen MR) is 84.5 cm³/mol. The monoisotopic (exact) mass is 320 g/mol. The van der Waals surface area contributed by atoms with Gasteiger partial charge in [0.2, 0.25) is 5.89 Å². The van der Waals surface area contributed by atoms with Crippen molar-refractivity contribution in [2.45, 2.75) is 53.2 Å². The summed E-state index contributed by atoms with van der Waals surface area (Å²) >= 11 is 0. The highest BCUT2D eigenvalue weighted by molar-refractivity contribution is 5.73. The number of carbonyl (C=O) groups excluding carboxylic acids is 1. The SMILES string of the molecule is CCCc1nc(CN(CC)C(=O)NCc2cncn2CC)no1. The van der Waals surface area contributed by atoms with Crippen LogP contribution in [-0.4, -0.2) is 37.2 Å². The minimum atomic E-state index is -0.154. The molecule has 0 spiro atoms. The van der Waals surface area contributed by atoms with Crippen molar-refractivity contribution in [2.75, 3.05) is 6.54 Å². The van der Waals surface area contributed by atoms with Gasteiger partial charge in [-0.1, -0.05) is 12.1 Å². The summed E-state index contributed by atoms with van der Waals surface area (Å²) in [5, 5.41) is 6.82. The maximum atomic E-state index is 12.3. The van der Waals surface area contributed by atoms with E-state index in [0.29, 0.717) is 31.3 Å². The highest BCUT2D eigenvalue weighted by Gasteiger charge is 2.16. The third-order valence-electron chi connectivity index (χ3n) is 3.54. The third-order valence-corrected chi connectivity index (χ3v) is 3.54. The van der Waals surface area contributed by atoms with E-state index in [-0.39, 0.29) is 6.03 Å². The van der Waals surface area contributed by atoms with Gasteiger partial charge in [0.15, 0.2) is 5.82 Å². The molecule has 2 aromatic rings. The van der Waals surface area contributed by atoms with Crippen molar-refractivity contribution < 1.29 is 9.32 Å². The van der Waals surface area contributed by atoms with Gasteiger partial charge in [0.1, 0.15) is 0 Å². The van der Waals surface area contributed by atoms with E-state index in [1.165, 1.54) is 0 Å². The Morgan fingerprint density at radius 1 is 1.39 bits per heavy atom. The molecule has 2 heterocycles. The zero-order chi connectivity index (χ0) is 16.7. The number of rotatable bonds is 8. The molecule has 23 heavy (non-hydrogen) atoms. The predicted octanol–water partition coefficient (Wildman–Crippen LogP) is 1.97. The third kappa shape index (κ3) is 4.54. The Balaban J connectivity index is 1.90. The molecule has 0 bridgehead atoms. The molecule has 2 amide bonds. The lowest BCUT2D eigenvalue weighted by Gasteiger charge is -2.19. The average molecular weight is 320 g/mol. The lowest BCUT2D eigenvalue weighted by molar-refractivity contribution is 0.195. The minimum Gasteiger partial charge on any atom is -0.339 e. The van der Waals surface area contributed by atoms with Crippen molar-refractivity contribution in [1.82, 2.24) is 29.9 Å². The minimum absolute atomic E-state index is 0.154. The van der Waals surface area contributed by atoms with Crippen molar-refractivity contribution in [2.24, 2.45) is 0 Å². The summed E-state index contributed by atoms with van der Waals surface area (Å²) in [5.41, 5.74) is 0.974. The van der Waals surface area contributed by atoms with Gasteiger partial charge in [0.05, 0.1) is 25.1 Å². The van der Waals surface area contributed by atoms with E-state index < -0.39 is 0 Å². The van der Waals surface area contributed by atoms with Gasteiger partial charge in [-0.3, -0.25) is 0 Å². The van der Waals surface area contributed by atoms with E-state index >= 15 is 0 Å². The summed E-state index contributed by atoms with van der Waals surface area (Å²) in [6.45, 7) is 8.18. The van der Waals surface area contributed by atoms with Gasteiger partial charge in [-0.2, -0.15) is 4.98 Å². The number of nitrogens with one attached hydrogen (secondary N) is 1. The number of nitrogens with zero attached hydrogens (tertiary/aromatic N) is 5. The van der Waals surface area contributed by atoms with E-state index in [1.807, 2.05) is 18.4 Å². The Kier molecular flexibility index (Phi) is 6.13. The highest BCUT2D eigenvalue weighted by atomic mass is 16.5. The van der Waals surface area contributed by atoms with Gasteiger partial charge in [-0.15, -0.1) is 0 Å². The van der Waals surface area contributed by atoms with Gasteiger partial charge in [0, 0.05) is 25.7 Å². The van der Waals surface area contributed by atoms with Gasteiger partial charge in [-0.05, 0) is 20.3 Å². The Morgan fingerprint density at radius 3 is 2.91 bits per heavy atom. The molecule has 126 valence electrons. The smallest absolute Gasteiger partial charge is 0.318 e. The topological polar surface area (TPSA) is 89.1 Å². The maximum absolute atomic E-state index is 12.3. The summed E-state index contributed by atoms with van der Waals surface area (Å²) < 4.78 is 7.14. The van der Waals surface area contributed by atoms with Crippen LogP contribution in [0.2, 0.25) is 0 Å². The molecule has 1 N–H and O–H groups in total. The Morgan fingerprint density at radius 2 is 2.22 bits per heavy atom. The molecule has 0 saturated carbocycles. The first-order chi connectivity index (χ1) is 11.2. The second kappa shape index (κ2) is 8.30. The van der Waals surface area contributed by atoms with Crippen LogP contribution in [-0.2, 0) is 26.1 Å². The molecule has 0 fully saturated rings. The van der Waals surface area contributed by atoms with Crippen LogP contribution >= 0.6 is 0 Å². The van der Waals surface area contributed by atoms with Gasteiger partial charge < -0.3 is 19.3 Å². The summed E-state index contributed by atoms with van der Waals surface area (Å²) in [4.78, 5) is 22.3. The number of amides is 2. The van der Waals surface area contributed by atoms with Crippen LogP contribution in [0.3, 0.4) is 0 Å². The summed E-state index contributed by atoms with van der Waals surface area (Å²) in [6, 6.07) is -0.154. The Labute approximate surface area is 135 Å². The van der Waals surface area contributed by atoms with Crippen molar-refractivity contribution in [3.8, 4) is 0 Å². The lowest BCUT2D eigenvalue weighted by atomic mass is 10.3. The van der Waals surface area contributed by atoms with Gasteiger partial charge in [0.25, 0.3) is 0 Å². The molecule has 0 radical (unpaired) electrons. The second-order valence-electron chi connectivity index (χ2n) is 5.20. The maximum Gasteiger partial charge on any atom is 0.318 e. The first-order valence-electron chi connectivity index (χ1n) is 8.01. The van der Waals surface area contributed by atoms with Crippen molar-refractivity contribution in [3.63, 3.8) is 0 Å². The van der Waals surface area contributed by atoms with Crippen LogP contribution in [0.4, 0.5) is 4.79 Å². The summed E-state index contributed by atoms with van der Waals surface area (Å²) in [6.07, 6.45) is 5.22. The first kappa shape index (κ1) is 17.0. The molecule has 2 rings (SSSR count). The van der Waals surface area contributed by atoms with E-state index in [1.54, 1.807) is 17.4 Å². The van der Waals surface area contributed by atoms with Gasteiger partial charge in [-0.25, -0.2) is 9.78 Å². The number of aromatic nitrogens is 4. The molecule has 0 saturated heterocycles. The number of hydrogen-bond acceptors (Lipinski definition) is 5. The van der Waals surface area contributed by atoms with Crippen LogP contribution < -0.4 is 5.32 Å². The summed E-state index contributed by atoms with van der Waals surface area (Å²) in [5.74, 6) is 1.15. The molecule has 0 aromatic carbocycles. The highest BCUT2D eigenvalue weighted by Crippen LogP contribution is 2.05. The fraction of sp³-hybridized carbons (Fsp3) is 0.600. The molecule has 0 aliphatic rings. The van der Waals surface area contributed by atoms with Crippen LogP contribution in [0, 0.1) is 0 Å². The van der Waals surface area contributed by atoms with Crippen LogP contribution in [0.15, 0.2) is 17.0 Å². The van der Waals surface area contributed by atoms with Crippen molar-refractivity contribution in [3.05, 3.63) is 29.9 Å². The molecule has 8 nitrogen and oxygen atoms in total. The molecule has 0 aliphatic heterocycles. The molecule has 0 atom stereocenters. The van der Waals surface area contributed by atoms with Crippen molar-refractivity contribution in [1.29, 1.82) is 0 Å². The van der Waals surface area contributed by atoms with Crippen molar-refractivity contribution >= 4 is 6.03 Å². The Bertz CT molecular complexity index is 621. The molecular weight excluding hydrogens is 296 g/mol. The normalized spacial score (nSPS) is 10.7. The number of urea groups is 1. The number of carbonyl (C=O) groups is 1. The lowest BCUT2D eigenvalue weighted by Crippen LogP contribution is -2.39. The van der Waals surface area contributed by atoms with Gasteiger partial charge >= 0.3 is 6.03 Å². The quantitative estimate of drug-likeness (QED) is 0.803. The van der Waals surface area contributed by atoms with Crippen LogP contribution in [0.1, 0.15) is 44.6 Å². The largest absolute Gasteiger partial charge is 0.339 e. The number of imidazole rings is 1. The molecule has 2 aromatic heterocycles. The average Bonchev–Trinajstić information content (AvgIpc) is 3.19. The number of aryl methyl sites for hydroxylation is 2. The molecule has 0 aliphatic carbocycles. The van der Waals surface area contributed by atoms with E-state index in [0.717, 1.165) is 25.1 Å². The zero-order valence-electron chi connectivity index (χ0n) is 13.9. The van der Waals surface area contributed by atoms with E-state index in [4.69, 9.17) is 4.52 Å². The van der Waals surface area contributed by atoms with E-state index in [9.17, 15) is 4.79 Å². The molecule has 8 heteroatoms. The Hall–Kier alpha value is -2.38. The zero-order valence-corrected chi connectivity index (χ0v) is 13.9. The standard InChI is InChI=1S/C15H24N6O2/c1-4-7-14-18-13(19-23-14)10-20(5-2)15(22)17-9-12-8-16-11-21(12)6-3/h8,11H,4-7,9-10H2,1-3H3,(H,17,22). The molecule has 0 unspecified atom stereocenters. The fourth-order valence-electron chi connectivity index (χ4n) is 2.23. The van der Waals surface area contributed by atoms with E-state index in [2.05, 4.69) is 27.4 Å². The molecular formula is C15H24N6O2. The fourth-order valence-corrected chi connectivity index (χ4v) is 2.23. The second-order valence-corrected chi connectivity index (χ2v) is 5.20.